The SMILES string of the molecule is Cc1nc(Oc2ccccc2F)nc(C)c1NC(=O)c1cccc2ccccc12. The maximum atomic E-state index is 13.8. The number of halogens is 1. The first kappa shape index (κ1) is 18.6. The third-order valence-electron chi connectivity index (χ3n) is 4.56. The number of carbonyl (C=O) groups excluding carboxylic acids is 1. The molecular formula is C23H18FN3O2. The zero-order valence-electron chi connectivity index (χ0n) is 15.9. The zero-order valence-corrected chi connectivity index (χ0v) is 15.9. The molecule has 1 aromatic heterocycles. The van der Waals surface area contributed by atoms with E-state index in [0.29, 0.717) is 22.6 Å². The molecule has 0 aliphatic carbocycles. The van der Waals surface area contributed by atoms with E-state index in [1.54, 1.807) is 32.0 Å². The van der Waals surface area contributed by atoms with Gasteiger partial charge < -0.3 is 10.1 Å². The predicted octanol–water partition coefficient (Wildman–Crippen LogP) is 5.43. The first-order valence-corrected chi connectivity index (χ1v) is 9.09. The Labute approximate surface area is 167 Å². The number of amides is 1. The van der Waals surface area contributed by atoms with Gasteiger partial charge in [-0.3, -0.25) is 4.79 Å². The van der Waals surface area contributed by atoms with E-state index in [1.165, 1.54) is 12.1 Å². The van der Waals surface area contributed by atoms with Crippen molar-refractivity contribution in [2.24, 2.45) is 0 Å². The number of hydrogen-bond acceptors (Lipinski definition) is 4. The molecule has 0 saturated heterocycles. The van der Waals surface area contributed by atoms with Gasteiger partial charge in [-0.2, -0.15) is 9.97 Å². The molecule has 0 spiro atoms. The Bertz CT molecular complexity index is 1200. The van der Waals surface area contributed by atoms with E-state index in [4.69, 9.17) is 4.74 Å². The van der Waals surface area contributed by atoms with Gasteiger partial charge in [-0.25, -0.2) is 4.39 Å². The number of anilines is 1. The Morgan fingerprint density at radius 3 is 2.31 bits per heavy atom. The average molecular weight is 387 g/mol. The topological polar surface area (TPSA) is 64.1 Å². The van der Waals surface area contributed by atoms with Crippen molar-refractivity contribution in [1.29, 1.82) is 0 Å². The molecule has 0 unspecified atom stereocenters. The standard InChI is InChI=1S/C23H18FN3O2/c1-14-21(15(2)26-23(25-14)29-20-13-6-5-12-19(20)24)27-22(28)18-11-7-9-16-8-3-4-10-17(16)18/h3-13H,1-2H3,(H,27,28). The van der Waals surface area contributed by atoms with Gasteiger partial charge in [0.05, 0.1) is 17.1 Å². The fraction of sp³-hybridized carbons (Fsp3) is 0.0870. The van der Waals surface area contributed by atoms with E-state index in [1.807, 2.05) is 36.4 Å². The third kappa shape index (κ3) is 3.78. The molecule has 0 fully saturated rings. The van der Waals surface area contributed by atoms with Crippen molar-refractivity contribution in [3.63, 3.8) is 0 Å². The summed E-state index contributed by atoms with van der Waals surface area (Å²) in [5.74, 6) is -0.710. The van der Waals surface area contributed by atoms with Crippen LogP contribution >= 0.6 is 0 Å². The largest absolute Gasteiger partial charge is 0.421 e. The van der Waals surface area contributed by atoms with Crippen LogP contribution in [0.25, 0.3) is 10.8 Å². The van der Waals surface area contributed by atoms with Crippen LogP contribution < -0.4 is 10.1 Å². The van der Waals surface area contributed by atoms with Gasteiger partial charge >= 0.3 is 6.01 Å². The highest BCUT2D eigenvalue weighted by atomic mass is 19.1. The Kier molecular flexibility index (Phi) is 4.91. The van der Waals surface area contributed by atoms with Gasteiger partial charge in [-0.15, -0.1) is 0 Å². The number of ether oxygens (including phenoxy) is 1. The minimum absolute atomic E-state index is 0.0215. The second-order valence-electron chi connectivity index (χ2n) is 6.57. The number of hydrogen-bond donors (Lipinski definition) is 1. The number of carbonyl (C=O) groups is 1. The van der Waals surface area contributed by atoms with Crippen molar-refractivity contribution in [3.8, 4) is 11.8 Å². The van der Waals surface area contributed by atoms with Crippen molar-refractivity contribution in [1.82, 2.24) is 9.97 Å². The number of para-hydroxylation sites is 1. The normalized spacial score (nSPS) is 10.7. The summed E-state index contributed by atoms with van der Waals surface area (Å²) in [6, 6.07) is 19.3. The quantitative estimate of drug-likeness (QED) is 0.507. The van der Waals surface area contributed by atoms with Crippen LogP contribution in [0, 0.1) is 19.7 Å². The Morgan fingerprint density at radius 1 is 0.897 bits per heavy atom. The number of nitrogens with one attached hydrogen (secondary N) is 1. The second-order valence-corrected chi connectivity index (χ2v) is 6.57. The van der Waals surface area contributed by atoms with Gasteiger partial charge in [0.15, 0.2) is 11.6 Å². The lowest BCUT2D eigenvalue weighted by atomic mass is 10.0. The van der Waals surface area contributed by atoms with Crippen LogP contribution in [0.5, 0.6) is 11.8 Å². The lowest BCUT2D eigenvalue weighted by Crippen LogP contribution is -2.15. The van der Waals surface area contributed by atoms with Crippen LogP contribution in [-0.4, -0.2) is 15.9 Å². The lowest BCUT2D eigenvalue weighted by molar-refractivity contribution is 0.102. The van der Waals surface area contributed by atoms with E-state index >= 15 is 0 Å². The van der Waals surface area contributed by atoms with Crippen LogP contribution in [-0.2, 0) is 0 Å². The Morgan fingerprint density at radius 2 is 1.55 bits per heavy atom. The summed E-state index contributed by atoms with van der Waals surface area (Å²) in [4.78, 5) is 21.4. The average Bonchev–Trinajstić information content (AvgIpc) is 2.72. The molecule has 0 bridgehead atoms. The molecule has 4 rings (SSSR count). The Balaban J connectivity index is 1.62. The highest BCUT2D eigenvalue weighted by molar-refractivity contribution is 6.13. The smallest absolute Gasteiger partial charge is 0.322 e. The summed E-state index contributed by atoms with van der Waals surface area (Å²) in [6.45, 7) is 3.48. The summed E-state index contributed by atoms with van der Waals surface area (Å²) >= 11 is 0. The fourth-order valence-corrected chi connectivity index (χ4v) is 3.14. The highest BCUT2D eigenvalue weighted by Gasteiger charge is 2.16. The predicted molar refractivity (Wildman–Crippen MR) is 110 cm³/mol. The van der Waals surface area contributed by atoms with Crippen LogP contribution in [0.1, 0.15) is 21.7 Å². The van der Waals surface area contributed by atoms with Gasteiger partial charge in [0.2, 0.25) is 0 Å². The second kappa shape index (κ2) is 7.67. The van der Waals surface area contributed by atoms with Crippen LogP contribution in [0.3, 0.4) is 0 Å². The maximum absolute atomic E-state index is 13.8. The van der Waals surface area contributed by atoms with E-state index in [9.17, 15) is 9.18 Å². The summed E-state index contributed by atoms with van der Waals surface area (Å²) in [5.41, 5.74) is 2.12. The monoisotopic (exact) mass is 387 g/mol. The van der Waals surface area contributed by atoms with Gasteiger partial charge in [-0.1, -0.05) is 48.5 Å². The van der Waals surface area contributed by atoms with Crippen molar-refractivity contribution in [2.75, 3.05) is 5.32 Å². The van der Waals surface area contributed by atoms with Crippen molar-refractivity contribution in [3.05, 3.63) is 89.5 Å². The number of aryl methyl sites for hydroxylation is 2. The fourth-order valence-electron chi connectivity index (χ4n) is 3.14. The lowest BCUT2D eigenvalue weighted by Gasteiger charge is -2.13. The van der Waals surface area contributed by atoms with Crippen LogP contribution in [0.4, 0.5) is 10.1 Å². The molecule has 0 atom stereocenters. The molecule has 1 amide bonds. The molecule has 1 N–H and O–H groups in total. The van der Waals surface area contributed by atoms with E-state index in [-0.39, 0.29) is 17.7 Å². The molecular weight excluding hydrogens is 369 g/mol. The molecule has 29 heavy (non-hydrogen) atoms. The van der Waals surface area contributed by atoms with Crippen LogP contribution in [0.2, 0.25) is 0 Å². The van der Waals surface area contributed by atoms with Crippen LogP contribution in [0.15, 0.2) is 66.7 Å². The summed E-state index contributed by atoms with van der Waals surface area (Å²) in [7, 11) is 0. The minimum atomic E-state index is -0.500. The van der Waals surface area contributed by atoms with Gasteiger partial charge in [0.1, 0.15) is 0 Å². The molecule has 6 heteroatoms. The molecule has 3 aromatic carbocycles. The number of fused-ring (bicyclic) bond motifs is 1. The van der Waals surface area contributed by atoms with E-state index < -0.39 is 5.82 Å². The number of rotatable bonds is 4. The van der Waals surface area contributed by atoms with Crippen molar-refractivity contribution < 1.29 is 13.9 Å². The molecule has 0 aliphatic rings. The molecule has 144 valence electrons. The number of benzene rings is 3. The van der Waals surface area contributed by atoms with Gasteiger partial charge in [-0.05, 0) is 42.8 Å². The summed E-state index contributed by atoms with van der Waals surface area (Å²) < 4.78 is 19.3. The molecule has 0 radical (unpaired) electrons. The molecule has 4 aromatic rings. The first-order chi connectivity index (χ1) is 14.0. The first-order valence-electron chi connectivity index (χ1n) is 9.09. The zero-order chi connectivity index (χ0) is 20.4. The van der Waals surface area contributed by atoms with Crippen molar-refractivity contribution in [2.45, 2.75) is 13.8 Å². The number of aromatic nitrogens is 2. The van der Waals surface area contributed by atoms with Gasteiger partial charge in [0.25, 0.3) is 5.91 Å². The summed E-state index contributed by atoms with van der Waals surface area (Å²) in [5, 5.41) is 4.74. The molecule has 5 nitrogen and oxygen atoms in total. The molecule has 1 heterocycles. The van der Waals surface area contributed by atoms with E-state index in [0.717, 1.165) is 10.8 Å². The molecule has 0 aliphatic heterocycles. The third-order valence-corrected chi connectivity index (χ3v) is 4.56. The van der Waals surface area contributed by atoms with Crippen molar-refractivity contribution >= 4 is 22.4 Å². The molecule has 0 saturated carbocycles. The minimum Gasteiger partial charge on any atom is -0.421 e. The highest BCUT2D eigenvalue weighted by Crippen LogP contribution is 2.26. The van der Waals surface area contributed by atoms with Gasteiger partial charge in [0, 0.05) is 5.56 Å². The number of nitrogens with zero attached hydrogens (tertiary/aromatic N) is 2. The van der Waals surface area contributed by atoms with E-state index in [2.05, 4.69) is 15.3 Å². The maximum Gasteiger partial charge on any atom is 0.322 e. The Hall–Kier alpha value is -3.80. The summed E-state index contributed by atoms with van der Waals surface area (Å²) in [6.07, 6.45) is 0.